The fraction of sp³-hybridized carbons (Fsp3) is 0. The van der Waals surface area contributed by atoms with Gasteiger partial charge in [-0.3, -0.25) is 4.98 Å². The first kappa shape index (κ1) is 7.60. The van der Waals surface area contributed by atoms with Crippen LogP contribution in [0.15, 0.2) is 12.4 Å². The van der Waals surface area contributed by atoms with Crippen LogP contribution in [0.3, 0.4) is 0 Å². The number of nitriles is 1. The van der Waals surface area contributed by atoms with Crippen LogP contribution in [-0.4, -0.2) is 4.98 Å². The average molecular weight is 163 g/mol. The lowest BCUT2D eigenvalue weighted by atomic mass is 10.2. The molecule has 0 atom stereocenters. The number of pyridine rings is 1. The van der Waals surface area contributed by atoms with Crippen molar-refractivity contribution < 1.29 is 0 Å². The molecule has 0 aliphatic heterocycles. The van der Waals surface area contributed by atoms with Crippen LogP contribution < -0.4 is 0 Å². The summed E-state index contributed by atoms with van der Waals surface area (Å²) in [6.45, 7) is 0. The topological polar surface area (TPSA) is 36.7 Å². The molecule has 0 aliphatic rings. The maximum atomic E-state index is 8.50. The van der Waals surface area contributed by atoms with Crippen LogP contribution in [0.25, 0.3) is 0 Å². The molecule has 52 valence electrons. The zero-order valence-electron chi connectivity index (χ0n) is 5.50. The van der Waals surface area contributed by atoms with Gasteiger partial charge in [0.05, 0.1) is 16.1 Å². The highest BCUT2D eigenvalue weighted by Gasteiger charge is 2.02. The van der Waals surface area contributed by atoms with E-state index in [9.17, 15) is 0 Å². The van der Waals surface area contributed by atoms with Gasteiger partial charge >= 0.3 is 0 Å². The molecule has 0 aromatic carbocycles. The van der Waals surface area contributed by atoms with E-state index in [4.69, 9.17) is 23.3 Å². The molecule has 0 N–H and O–H groups in total. The number of nitrogens with zero attached hydrogens (tertiary/aromatic N) is 2. The van der Waals surface area contributed by atoms with Gasteiger partial charge in [0.2, 0.25) is 0 Å². The van der Waals surface area contributed by atoms with Gasteiger partial charge in [-0.1, -0.05) is 17.5 Å². The second kappa shape index (κ2) is 3.05. The van der Waals surface area contributed by atoms with Crippen LogP contribution in [0.5, 0.6) is 0 Å². The normalized spacial score (nSPS) is 8.27. The molecule has 0 saturated heterocycles. The van der Waals surface area contributed by atoms with Crippen LogP contribution in [0.1, 0.15) is 11.1 Å². The molecule has 3 heteroatoms. The molecule has 1 aromatic rings. The van der Waals surface area contributed by atoms with Gasteiger partial charge in [-0.05, 0) is 0 Å². The summed E-state index contributed by atoms with van der Waals surface area (Å²) in [7, 11) is 0. The lowest BCUT2D eigenvalue weighted by Gasteiger charge is -1.94. The van der Waals surface area contributed by atoms with Gasteiger partial charge in [0, 0.05) is 12.4 Å². The summed E-state index contributed by atoms with van der Waals surface area (Å²) in [6, 6.07) is 1.88. The number of rotatable bonds is 0. The van der Waals surface area contributed by atoms with E-state index in [0.717, 1.165) is 0 Å². The molecule has 1 aromatic heterocycles. The summed E-state index contributed by atoms with van der Waals surface area (Å²) in [4.78, 5) is 3.74. The first-order chi connectivity index (χ1) is 5.29. The van der Waals surface area contributed by atoms with Gasteiger partial charge in [-0.25, -0.2) is 0 Å². The summed E-state index contributed by atoms with van der Waals surface area (Å²) in [5.74, 6) is 2.32. The van der Waals surface area contributed by atoms with Crippen LogP contribution in [0.2, 0.25) is 5.02 Å². The molecule has 0 unspecified atom stereocenters. The van der Waals surface area contributed by atoms with Crippen molar-refractivity contribution in [2.24, 2.45) is 0 Å². The SMILES string of the molecule is C#Cc1cncc(C#N)c1Cl. The minimum atomic E-state index is 0.296. The fourth-order valence-electron chi connectivity index (χ4n) is 0.623. The van der Waals surface area contributed by atoms with Crippen LogP contribution in [-0.2, 0) is 0 Å². The van der Waals surface area contributed by atoms with Crippen LogP contribution in [0, 0.1) is 23.7 Å². The quantitative estimate of drug-likeness (QED) is 0.544. The predicted molar refractivity (Wildman–Crippen MR) is 41.9 cm³/mol. The third kappa shape index (κ3) is 1.32. The zero-order chi connectivity index (χ0) is 8.27. The second-order valence-electron chi connectivity index (χ2n) is 1.80. The summed E-state index contributed by atoms with van der Waals surface area (Å²) >= 11 is 5.70. The Morgan fingerprint density at radius 3 is 2.64 bits per heavy atom. The monoisotopic (exact) mass is 162 g/mol. The Bertz CT molecular complexity index is 325. The number of terminal acetylenes is 1. The van der Waals surface area contributed by atoms with E-state index in [1.54, 1.807) is 0 Å². The number of hydrogen-bond donors (Lipinski definition) is 0. The Kier molecular flexibility index (Phi) is 2.11. The first-order valence-corrected chi connectivity index (χ1v) is 3.17. The predicted octanol–water partition coefficient (Wildman–Crippen LogP) is 1.59. The van der Waals surface area contributed by atoms with Crippen molar-refractivity contribution in [1.82, 2.24) is 4.98 Å². The summed E-state index contributed by atoms with van der Waals surface area (Å²) in [5.41, 5.74) is 0.757. The van der Waals surface area contributed by atoms with E-state index in [1.807, 2.05) is 6.07 Å². The fourth-order valence-corrected chi connectivity index (χ4v) is 0.818. The van der Waals surface area contributed by atoms with E-state index in [0.29, 0.717) is 16.1 Å². The molecule has 0 fully saturated rings. The molecule has 0 amide bonds. The Balaban J connectivity index is 3.38. The number of halogens is 1. The third-order valence-corrected chi connectivity index (χ3v) is 1.56. The smallest absolute Gasteiger partial charge is 0.102 e. The standard InChI is InChI=1S/C8H3ClN2/c1-2-6-4-11-5-7(3-10)8(6)9/h1,4-5H. The summed E-state index contributed by atoms with van der Waals surface area (Å²) < 4.78 is 0. The maximum Gasteiger partial charge on any atom is 0.102 e. The maximum absolute atomic E-state index is 8.50. The lowest BCUT2D eigenvalue weighted by Crippen LogP contribution is -1.84. The highest BCUT2D eigenvalue weighted by atomic mass is 35.5. The Morgan fingerprint density at radius 1 is 1.45 bits per heavy atom. The minimum absolute atomic E-state index is 0.296. The van der Waals surface area contributed by atoms with Crippen molar-refractivity contribution >= 4 is 11.6 Å². The van der Waals surface area contributed by atoms with E-state index in [-0.39, 0.29) is 0 Å². The molecular weight excluding hydrogens is 160 g/mol. The lowest BCUT2D eigenvalue weighted by molar-refractivity contribution is 1.29. The van der Waals surface area contributed by atoms with Crippen molar-refractivity contribution in [2.75, 3.05) is 0 Å². The second-order valence-corrected chi connectivity index (χ2v) is 2.18. The van der Waals surface area contributed by atoms with Crippen LogP contribution >= 0.6 is 11.6 Å². The highest BCUT2D eigenvalue weighted by molar-refractivity contribution is 6.32. The van der Waals surface area contributed by atoms with Crippen molar-refractivity contribution in [3.05, 3.63) is 28.5 Å². The molecule has 11 heavy (non-hydrogen) atoms. The molecule has 0 radical (unpaired) electrons. The van der Waals surface area contributed by atoms with Crippen molar-refractivity contribution in [3.8, 4) is 18.4 Å². The number of hydrogen-bond acceptors (Lipinski definition) is 2. The van der Waals surface area contributed by atoms with Crippen molar-refractivity contribution in [1.29, 1.82) is 5.26 Å². The largest absolute Gasteiger partial charge is 0.262 e. The van der Waals surface area contributed by atoms with Gasteiger partial charge in [0.1, 0.15) is 6.07 Å². The van der Waals surface area contributed by atoms with Crippen LogP contribution in [0.4, 0.5) is 0 Å². The summed E-state index contributed by atoms with van der Waals surface area (Å²) in [6.07, 6.45) is 7.92. The molecule has 0 spiro atoms. The third-order valence-electron chi connectivity index (χ3n) is 1.16. The van der Waals surface area contributed by atoms with Gasteiger partial charge < -0.3 is 0 Å². The zero-order valence-corrected chi connectivity index (χ0v) is 6.26. The Hall–Kier alpha value is -1.51. The molecule has 0 aliphatic carbocycles. The summed E-state index contributed by atoms with van der Waals surface area (Å²) in [5, 5.41) is 8.79. The minimum Gasteiger partial charge on any atom is -0.262 e. The Labute approximate surface area is 69.4 Å². The van der Waals surface area contributed by atoms with Gasteiger partial charge in [0.25, 0.3) is 0 Å². The van der Waals surface area contributed by atoms with Gasteiger partial charge in [0.15, 0.2) is 0 Å². The first-order valence-electron chi connectivity index (χ1n) is 2.80. The Morgan fingerprint density at radius 2 is 2.09 bits per heavy atom. The van der Waals surface area contributed by atoms with E-state index >= 15 is 0 Å². The molecular formula is C8H3ClN2. The highest BCUT2D eigenvalue weighted by Crippen LogP contribution is 2.17. The van der Waals surface area contributed by atoms with Crippen molar-refractivity contribution in [2.45, 2.75) is 0 Å². The van der Waals surface area contributed by atoms with E-state index < -0.39 is 0 Å². The molecule has 0 bridgehead atoms. The molecule has 1 heterocycles. The molecule has 0 saturated carbocycles. The average Bonchev–Trinajstić information content (AvgIpc) is 2.05. The molecule has 2 nitrogen and oxygen atoms in total. The van der Waals surface area contributed by atoms with E-state index in [2.05, 4.69) is 10.9 Å². The van der Waals surface area contributed by atoms with Crippen molar-refractivity contribution in [3.63, 3.8) is 0 Å². The number of aromatic nitrogens is 1. The van der Waals surface area contributed by atoms with Gasteiger partial charge in [-0.2, -0.15) is 5.26 Å². The van der Waals surface area contributed by atoms with Gasteiger partial charge in [-0.15, -0.1) is 6.42 Å². The van der Waals surface area contributed by atoms with E-state index in [1.165, 1.54) is 12.4 Å². The molecule has 1 rings (SSSR count).